The average Bonchev–Trinajstić information content (AvgIpc) is 3.11. The minimum absolute atomic E-state index is 0.0448. The Morgan fingerprint density at radius 2 is 1.73 bits per heavy atom. The maximum absolute atomic E-state index is 13.4. The van der Waals surface area contributed by atoms with Crippen LogP contribution in [-0.2, 0) is 19.9 Å². The van der Waals surface area contributed by atoms with E-state index in [0.29, 0.717) is 0 Å². The van der Waals surface area contributed by atoms with Gasteiger partial charge in [-0.25, -0.2) is 14.7 Å². The highest BCUT2D eigenvalue weighted by atomic mass is 19.4. The zero-order valence-electron chi connectivity index (χ0n) is 15.5. The summed E-state index contributed by atoms with van der Waals surface area (Å²) in [5.74, 6) is -2.67. The molecule has 30 heavy (non-hydrogen) atoms. The van der Waals surface area contributed by atoms with Crippen molar-refractivity contribution < 1.29 is 37.3 Å². The summed E-state index contributed by atoms with van der Waals surface area (Å²) in [5.41, 5.74) is -4.94. The maximum atomic E-state index is 13.4. The largest absolute Gasteiger partial charge is 0.466 e. The van der Waals surface area contributed by atoms with E-state index in [2.05, 4.69) is 19.7 Å². The van der Waals surface area contributed by atoms with Crippen LogP contribution in [0.5, 0.6) is 0 Å². The molecule has 12 heteroatoms. The molecule has 0 aliphatic carbocycles. The van der Waals surface area contributed by atoms with E-state index in [1.165, 1.54) is 17.0 Å². The van der Waals surface area contributed by atoms with Gasteiger partial charge in [0.05, 0.1) is 19.8 Å². The van der Waals surface area contributed by atoms with Crippen molar-refractivity contribution in [2.75, 3.05) is 14.2 Å². The van der Waals surface area contributed by atoms with E-state index in [1.807, 2.05) is 0 Å². The number of nitrogens with one attached hydrogen (secondary N) is 1. The summed E-state index contributed by atoms with van der Waals surface area (Å²) < 4.78 is 50.2. The number of carbonyl (C=O) groups excluding carboxylic acids is 2. The second-order valence-electron chi connectivity index (χ2n) is 6.13. The first kappa shape index (κ1) is 21.0. The van der Waals surface area contributed by atoms with Crippen LogP contribution in [0, 0.1) is 0 Å². The third kappa shape index (κ3) is 3.20. The van der Waals surface area contributed by atoms with Gasteiger partial charge in [0.25, 0.3) is 11.2 Å². The third-order valence-electron chi connectivity index (χ3n) is 4.44. The molecule has 2 N–H and O–H groups in total. The fraction of sp³-hybridized carbons (Fsp3) is 0.222. The molecule has 0 aromatic heterocycles. The van der Waals surface area contributed by atoms with Crippen LogP contribution in [0.3, 0.4) is 0 Å². The minimum Gasteiger partial charge on any atom is -0.466 e. The van der Waals surface area contributed by atoms with Crippen LogP contribution >= 0.6 is 0 Å². The fourth-order valence-corrected chi connectivity index (χ4v) is 2.86. The summed E-state index contributed by atoms with van der Waals surface area (Å²) in [6.07, 6.45) is -2.74. The van der Waals surface area contributed by atoms with Gasteiger partial charge >= 0.3 is 18.1 Å². The number of benzene rings is 1. The van der Waals surface area contributed by atoms with Crippen LogP contribution in [0.4, 0.5) is 13.2 Å². The monoisotopic (exact) mass is 425 g/mol. The normalized spacial score (nSPS) is 13.7. The van der Waals surface area contributed by atoms with Crippen LogP contribution in [0.2, 0.25) is 0 Å². The predicted molar refractivity (Wildman–Crippen MR) is 94.1 cm³/mol. The van der Waals surface area contributed by atoms with Gasteiger partial charge in [-0.3, -0.25) is 4.79 Å². The molecule has 1 aromatic rings. The van der Waals surface area contributed by atoms with Crippen molar-refractivity contribution in [3.63, 3.8) is 0 Å². The number of rotatable bonds is 4. The lowest BCUT2D eigenvalue weighted by molar-refractivity contribution is -0.266. The average molecular weight is 425 g/mol. The first-order valence-corrected chi connectivity index (χ1v) is 8.21. The molecule has 0 fully saturated rings. The van der Waals surface area contributed by atoms with E-state index in [0.717, 1.165) is 38.5 Å². The van der Waals surface area contributed by atoms with Gasteiger partial charge in [0, 0.05) is 23.6 Å². The van der Waals surface area contributed by atoms with Gasteiger partial charge < -0.3 is 19.1 Å². The molecule has 1 aromatic carbocycles. The lowest BCUT2D eigenvalue weighted by Crippen LogP contribution is -2.49. The Balaban J connectivity index is 2.13. The van der Waals surface area contributed by atoms with E-state index in [9.17, 15) is 32.7 Å². The number of nitrogens with zero attached hydrogens (tertiary/aromatic N) is 2. The molecular formula is C18H14F3N3O6. The molecule has 3 rings (SSSR count). The van der Waals surface area contributed by atoms with E-state index in [4.69, 9.17) is 0 Å². The van der Waals surface area contributed by atoms with Gasteiger partial charge in [-0.2, -0.15) is 18.3 Å². The van der Waals surface area contributed by atoms with Gasteiger partial charge in [0.15, 0.2) is 0 Å². The SMILES string of the molecule is COC(=O)c1cn(-c2ccc(C(O)(C(=O)OC)C(F)(F)F)cc2)cc2c(=O)[nH]nc1-2. The first-order valence-electron chi connectivity index (χ1n) is 8.21. The smallest absolute Gasteiger partial charge is 0.432 e. The number of esters is 2. The summed E-state index contributed by atoms with van der Waals surface area (Å²) >= 11 is 0. The minimum atomic E-state index is -5.33. The molecule has 0 bridgehead atoms. The van der Waals surface area contributed by atoms with E-state index < -0.39 is 34.8 Å². The highest BCUT2D eigenvalue weighted by Crippen LogP contribution is 2.40. The Morgan fingerprint density at radius 1 is 1.10 bits per heavy atom. The number of H-pyrrole nitrogens is 1. The molecule has 0 saturated carbocycles. The molecule has 1 atom stereocenters. The molecule has 2 aliphatic rings. The van der Waals surface area contributed by atoms with Crippen LogP contribution < -0.4 is 5.56 Å². The quantitative estimate of drug-likeness (QED) is 0.605. The number of aromatic nitrogens is 3. The highest BCUT2D eigenvalue weighted by molar-refractivity contribution is 5.96. The predicted octanol–water partition coefficient (Wildman–Crippen LogP) is 1.37. The molecule has 2 heterocycles. The van der Waals surface area contributed by atoms with Crippen molar-refractivity contribution in [3.8, 4) is 16.9 Å². The Morgan fingerprint density at radius 3 is 2.27 bits per heavy atom. The molecule has 0 spiro atoms. The molecule has 158 valence electrons. The number of carbonyl (C=O) groups is 2. The topological polar surface area (TPSA) is 124 Å². The van der Waals surface area contributed by atoms with Gasteiger partial charge in [-0.05, 0) is 12.1 Å². The molecule has 0 radical (unpaired) electrons. The number of aromatic amines is 1. The number of fused-ring (bicyclic) bond motifs is 1. The number of alkyl halides is 3. The molecule has 2 aliphatic heterocycles. The zero-order chi connectivity index (χ0) is 22.3. The summed E-state index contributed by atoms with van der Waals surface area (Å²) in [5, 5.41) is 16.0. The number of aliphatic hydroxyl groups is 1. The fourth-order valence-electron chi connectivity index (χ4n) is 2.86. The lowest BCUT2D eigenvalue weighted by Gasteiger charge is -2.28. The summed E-state index contributed by atoms with van der Waals surface area (Å²) in [6.45, 7) is 0. The van der Waals surface area contributed by atoms with Crippen molar-refractivity contribution >= 4 is 11.9 Å². The Hall–Kier alpha value is -3.67. The summed E-state index contributed by atoms with van der Waals surface area (Å²) in [4.78, 5) is 35.6. The van der Waals surface area contributed by atoms with Crippen LogP contribution in [-0.4, -0.2) is 52.2 Å². The number of pyridine rings is 1. The van der Waals surface area contributed by atoms with E-state index >= 15 is 0 Å². The van der Waals surface area contributed by atoms with Crippen molar-refractivity contribution in [2.24, 2.45) is 0 Å². The second-order valence-corrected chi connectivity index (χ2v) is 6.13. The van der Waals surface area contributed by atoms with Crippen molar-refractivity contribution in [1.82, 2.24) is 14.8 Å². The van der Waals surface area contributed by atoms with Crippen molar-refractivity contribution in [1.29, 1.82) is 0 Å². The van der Waals surface area contributed by atoms with Gasteiger partial charge in [0.2, 0.25) is 0 Å². The van der Waals surface area contributed by atoms with Crippen LogP contribution in [0.25, 0.3) is 16.9 Å². The van der Waals surface area contributed by atoms with Gasteiger partial charge in [-0.1, -0.05) is 12.1 Å². The van der Waals surface area contributed by atoms with Crippen LogP contribution in [0.15, 0.2) is 41.5 Å². The van der Waals surface area contributed by atoms with E-state index in [-0.39, 0.29) is 22.5 Å². The molecule has 9 nitrogen and oxygen atoms in total. The third-order valence-corrected chi connectivity index (χ3v) is 4.44. The van der Waals surface area contributed by atoms with Crippen LogP contribution in [0.1, 0.15) is 15.9 Å². The van der Waals surface area contributed by atoms with Crippen molar-refractivity contribution in [2.45, 2.75) is 11.8 Å². The number of methoxy groups -OCH3 is 2. The zero-order valence-corrected chi connectivity index (χ0v) is 15.5. The molecule has 0 amide bonds. The standard InChI is InChI=1S/C18H14F3N3O6/c1-29-15(26)12-8-24(7-11-13(12)22-23-14(11)25)10-5-3-9(4-6-10)17(28,16(27)30-2)18(19,20)21/h3-8,28H,1-2H3,(H,23,25). The number of hydrogen-bond donors (Lipinski definition) is 2. The number of ether oxygens (including phenoxy) is 2. The Labute approximate surface area is 166 Å². The Kier molecular flexibility index (Phi) is 5.12. The molecule has 1 unspecified atom stereocenters. The first-order chi connectivity index (χ1) is 14.0. The Bertz CT molecular complexity index is 1140. The summed E-state index contributed by atoms with van der Waals surface area (Å²) in [6, 6.07) is 4.07. The number of hydrogen-bond acceptors (Lipinski definition) is 7. The van der Waals surface area contributed by atoms with Crippen molar-refractivity contribution in [3.05, 3.63) is 58.1 Å². The molecule has 0 saturated heterocycles. The highest BCUT2D eigenvalue weighted by Gasteiger charge is 2.62. The molecular weight excluding hydrogens is 411 g/mol. The lowest BCUT2D eigenvalue weighted by atomic mass is 9.93. The maximum Gasteiger partial charge on any atom is 0.432 e. The van der Waals surface area contributed by atoms with Gasteiger partial charge in [0.1, 0.15) is 11.3 Å². The second kappa shape index (κ2) is 7.30. The van der Waals surface area contributed by atoms with E-state index in [1.54, 1.807) is 0 Å². The van der Waals surface area contributed by atoms with Gasteiger partial charge in [-0.15, -0.1) is 0 Å². The summed E-state index contributed by atoms with van der Waals surface area (Å²) in [7, 11) is 1.86. The number of halogens is 3.